The molecule has 0 saturated heterocycles. The molecule has 0 spiro atoms. The Labute approximate surface area is 91.9 Å². The summed E-state index contributed by atoms with van der Waals surface area (Å²) < 4.78 is 0. The highest BCUT2D eigenvalue weighted by molar-refractivity contribution is 5.54. The van der Waals surface area contributed by atoms with Crippen molar-refractivity contribution in [2.24, 2.45) is 0 Å². The number of aliphatic hydroxyl groups is 1. The van der Waals surface area contributed by atoms with Gasteiger partial charge in [0.1, 0.15) is 0 Å². The average Bonchev–Trinajstić information content (AvgIpc) is 2.25. The molecular formula is C13H19NO. The van der Waals surface area contributed by atoms with Crippen LogP contribution in [-0.4, -0.2) is 18.2 Å². The largest absolute Gasteiger partial charge is 0.392 e. The van der Waals surface area contributed by atoms with Crippen molar-refractivity contribution in [2.45, 2.75) is 20.5 Å². The first-order chi connectivity index (χ1) is 7.19. The van der Waals surface area contributed by atoms with Crippen molar-refractivity contribution in [3.8, 4) is 0 Å². The Balaban J connectivity index is 2.95. The molecule has 2 nitrogen and oxygen atoms in total. The highest BCUT2D eigenvalue weighted by Crippen LogP contribution is 2.20. The summed E-state index contributed by atoms with van der Waals surface area (Å²) in [6.45, 7) is 9.89. The van der Waals surface area contributed by atoms with Crippen molar-refractivity contribution in [1.82, 2.24) is 0 Å². The fourth-order valence-corrected chi connectivity index (χ4v) is 1.65. The predicted octanol–water partition coefficient (Wildman–Crippen LogP) is 2.58. The van der Waals surface area contributed by atoms with Gasteiger partial charge in [-0.15, -0.1) is 0 Å². The van der Waals surface area contributed by atoms with Gasteiger partial charge in [-0.05, 0) is 19.9 Å². The number of rotatable bonds is 5. The third-order valence-electron chi connectivity index (χ3n) is 2.35. The first kappa shape index (κ1) is 11.8. The third kappa shape index (κ3) is 3.10. The van der Waals surface area contributed by atoms with Gasteiger partial charge in [0.2, 0.25) is 0 Å². The van der Waals surface area contributed by atoms with Gasteiger partial charge in [0.25, 0.3) is 0 Å². The molecule has 0 aromatic heterocycles. The van der Waals surface area contributed by atoms with E-state index in [-0.39, 0.29) is 6.61 Å². The summed E-state index contributed by atoms with van der Waals surface area (Å²) in [6.07, 6.45) is 0. The van der Waals surface area contributed by atoms with Gasteiger partial charge in [0, 0.05) is 24.3 Å². The molecule has 15 heavy (non-hydrogen) atoms. The summed E-state index contributed by atoms with van der Waals surface area (Å²) in [5, 5.41) is 9.25. The van der Waals surface area contributed by atoms with Crippen LogP contribution < -0.4 is 4.90 Å². The Morgan fingerprint density at radius 3 is 2.60 bits per heavy atom. The topological polar surface area (TPSA) is 23.5 Å². The lowest BCUT2D eigenvalue weighted by atomic mass is 10.1. The fourth-order valence-electron chi connectivity index (χ4n) is 1.65. The summed E-state index contributed by atoms with van der Waals surface area (Å²) >= 11 is 0. The number of para-hydroxylation sites is 1. The molecule has 1 N–H and O–H groups in total. The zero-order valence-corrected chi connectivity index (χ0v) is 9.53. The van der Waals surface area contributed by atoms with E-state index in [1.54, 1.807) is 0 Å². The molecule has 0 amide bonds. The maximum Gasteiger partial charge on any atom is 0.0702 e. The number of likely N-dealkylation sites (N-methyl/N-ethyl adjacent to an activating group) is 1. The zero-order chi connectivity index (χ0) is 11.3. The van der Waals surface area contributed by atoms with Crippen LogP contribution >= 0.6 is 0 Å². The van der Waals surface area contributed by atoms with E-state index in [4.69, 9.17) is 0 Å². The molecule has 0 unspecified atom stereocenters. The van der Waals surface area contributed by atoms with E-state index in [0.717, 1.165) is 29.9 Å². The molecule has 1 rings (SSSR count). The van der Waals surface area contributed by atoms with Gasteiger partial charge >= 0.3 is 0 Å². The Morgan fingerprint density at radius 2 is 2.07 bits per heavy atom. The Kier molecular flexibility index (Phi) is 4.37. The lowest BCUT2D eigenvalue weighted by Crippen LogP contribution is -2.25. The van der Waals surface area contributed by atoms with E-state index in [9.17, 15) is 5.11 Å². The number of hydrogen-bond acceptors (Lipinski definition) is 2. The number of benzene rings is 1. The summed E-state index contributed by atoms with van der Waals surface area (Å²) in [5.41, 5.74) is 3.20. The number of hydrogen-bond donors (Lipinski definition) is 1. The monoisotopic (exact) mass is 205 g/mol. The molecule has 0 heterocycles. The summed E-state index contributed by atoms with van der Waals surface area (Å²) in [6, 6.07) is 7.94. The molecule has 0 radical (unpaired) electrons. The van der Waals surface area contributed by atoms with Gasteiger partial charge in [0.05, 0.1) is 6.61 Å². The first-order valence-electron chi connectivity index (χ1n) is 5.27. The van der Waals surface area contributed by atoms with Crippen molar-refractivity contribution < 1.29 is 5.11 Å². The van der Waals surface area contributed by atoms with Crippen molar-refractivity contribution in [3.63, 3.8) is 0 Å². The molecule has 0 fully saturated rings. The van der Waals surface area contributed by atoms with Crippen molar-refractivity contribution in [3.05, 3.63) is 42.0 Å². The van der Waals surface area contributed by atoms with E-state index in [1.165, 1.54) is 0 Å². The molecular weight excluding hydrogens is 186 g/mol. The SMILES string of the molecule is C=C(C)CN(CC)c1ccccc1CO. The van der Waals surface area contributed by atoms with E-state index >= 15 is 0 Å². The minimum atomic E-state index is 0.0862. The summed E-state index contributed by atoms with van der Waals surface area (Å²) in [7, 11) is 0. The highest BCUT2D eigenvalue weighted by Gasteiger charge is 2.08. The van der Waals surface area contributed by atoms with Gasteiger partial charge in [-0.2, -0.15) is 0 Å². The third-order valence-corrected chi connectivity index (χ3v) is 2.35. The molecule has 0 aliphatic carbocycles. The second-order valence-corrected chi connectivity index (χ2v) is 3.76. The van der Waals surface area contributed by atoms with Crippen molar-refractivity contribution in [2.75, 3.05) is 18.0 Å². The number of anilines is 1. The molecule has 0 bridgehead atoms. The van der Waals surface area contributed by atoms with Crippen LogP contribution in [0.15, 0.2) is 36.4 Å². The van der Waals surface area contributed by atoms with Gasteiger partial charge in [-0.3, -0.25) is 0 Å². The second kappa shape index (κ2) is 5.56. The van der Waals surface area contributed by atoms with Crippen molar-refractivity contribution in [1.29, 1.82) is 0 Å². The average molecular weight is 205 g/mol. The second-order valence-electron chi connectivity index (χ2n) is 3.76. The maximum absolute atomic E-state index is 9.25. The van der Waals surface area contributed by atoms with E-state index < -0.39 is 0 Å². The van der Waals surface area contributed by atoms with Gasteiger partial charge in [-0.25, -0.2) is 0 Å². The van der Waals surface area contributed by atoms with Crippen LogP contribution in [0.5, 0.6) is 0 Å². The molecule has 0 aliphatic heterocycles. The fraction of sp³-hybridized carbons (Fsp3) is 0.385. The lowest BCUT2D eigenvalue weighted by molar-refractivity contribution is 0.282. The zero-order valence-electron chi connectivity index (χ0n) is 9.53. The molecule has 0 aliphatic rings. The van der Waals surface area contributed by atoms with Gasteiger partial charge in [0.15, 0.2) is 0 Å². The van der Waals surface area contributed by atoms with Crippen molar-refractivity contribution >= 4 is 5.69 Å². The smallest absolute Gasteiger partial charge is 0.0702 e. The van der Waals surface area contributed by atoms with E-state index in [2.05, 4.69) is 18.4 Å². The summed E-state index contributed by atoms with van der Waals surface area (Å²) in [4.78, 5) is 2.22. The van der Waals surface area contributed by atoms with Crippen LogP contribution in [0.1, 0.15) is 19.4 Å². The molecule has 0 atom stereocenters. The molecule has 1 aromatic rings. The minimum absolute atomic E-state index is 0.0862. The Hall–Kier alpha value is -1.28. The quantitative estimate of drug-likeness (QED) is 0.747. The Morgan fingerprint density at radius 1 is 1.40 bits per heavy atom. The van der Waals surface area contributed by atoms with Crippen LogP contribution in [-0.2, 0) is 6.61 Å². The number of nitrogens with zero attached hydrogens (tertiary/aromatic N) is 1. The predicted molar refractivity (Wildman–Crippen MR) is 65.1 cm³/mol. The standard InChI is InChI=1S/C13H19NO/c1-4-14(9-11(2)3)13-8-6-5-7-12(13)10-15/h5-8,15H,2,4,9-10H2,1,3H3. The molecule has 1 aromatic carbocycles. The maximum atomic E-state index is 9.25. The minimum Gasteiger partial charge on any atom is -0.392 e. The van der Waals surface area contributed by atoms with Gasteiger partial charge < -0.3 is 10.0 Å². The van der Waals surface area contributed by atoms with Gasteiger partial charge in [-0.1, -0.05) is 30.4 Å². The van der Waals surface area contributed by atoms with Crippen LogP contribution in [0.3, 0.4) is 0 Å². The lowest BCUT2D eigenvalue weighted by Gasteiger charge is -2.25. The van der Waals surface area contributed by atoms with Crippen LogP contribution in [0.2, 0.25) is 0 Å². The molecule has 82 valence electrons. The van der Waals surface area contributed by atoms with Crippen LogP contribution in [0.4, 0.5) is 5.69 Å². The first-order valence-corrected chi connectivity index (χ1v) is 5.27. The molecule has 2 heteroatoms. The normalized spacial score (nSPS) is 10.1. The highest BCUT2D eigenvalue weighted by atomic mass is 16.3. The van der Waals surface area contributed by atoms with Crippen LogP contribution in [0.25, 0.3) is 0 Å². The summed E-state index contributed by atoms with van der Waals surface area (Å²) in [5.74, 6) is 0. The number of aliphatic hydroxyl groups excluding tert-OH is 1. The Bertz CT molecular complexity index is 333. The molecule has 0 saturated carbocycles. The van der Waals surface area contributed by atoms with E-state index in [0.29, 0.717) is 0 Å². The van der Waals surface area contributed by atoms with Crippen LogP contribution in [0, 0.1) is 0 Å². The van der Waals surface area contributed by atoms with E-state index in [1.807, 2.05) is 31.2 Å².